The molecule has 0 amide bonds. The van der Waals surface area contributed by atoms with E-state index in [4.69, 9.17) is 4.52 Å². The largest absolute Gasteiger partial charge is 0.339 e. The Kier molecular flexibility index (Phi) is 4.95. The fourth-order valence-electron chi connectivity index (χ4n) is 4.12. The number of hydrogen-bond acceptors (Lipinski definition) is 5. The van der Waals surface area contributed by atoms with E-state index >= 15 is 0 Å². The van der Waals surface area contributed by atoms with Crippen LogP contribution >= 0.6 is 0 Å². The SMILES string of the molecule is C1CCC(CN[C@@H]2CCCN(Cc3noc(C4CC4)n3)C2)CC1. The Morgan fingerprint density at radius 2 is 1.91 bits per heavy atom. The molecule has 1 aromatic heterocycles. The topological polar surface area (TPSA) is 54.2 Å². The van der Waals surface area contributed by atoms with Crippen molar-refractivity contribution in [3.63, 3.8) is 0 Å². The molecular formula is C18H30N4O. The Bertz CT molecular complexity index is 493. The first-order valence-electron chi connectivity index (χ1n) is 9.65. The van der Waals surface area contributed by atoms with Crippen molar-refractivity contribution in [1.29, 1.82) is 0 Å². The van der Waals surface area contributed by atoms with Gasteiger partial charge in [0, 0.05) is 18.5 Å². The number of likely N-dealkylation sites (tertiary alicyclic amines) is 1. The molecule has 1 N–H and O–H groups in total. The minimum Gasteiger partial charge on any atom is -0.339 e. The Morgan fingerprint density at radius 1 is 1.04 bits per heavy atom. The highest BCUT2D eigenvalue weighted by molar-refractivity contribution is 5.01. The van der Waals surface area contributed by atoms with Crippen molar-refractivity contribution in [3.05, 3.63) is 11.7 Å². The predicted molar refractivity (Wildman–Crippen MR) is 89.1 cm³/mol. The van der Waals surface area contributed by atoms with Gasteiger partial charge in [-0.3, -0.25) is 4.90 Å². The van der Waals surface area contributed by atoms with E-state index in [2.05, 4.69) is 20.4 Å². The third-order valence-electron chi connectivity index (χ3n) is 5.70. The summed E-state index contributed by atoms with van der Waals surface area (Å²) >= 11 is 0. The van der Waals surface area contributed by atoms with Gasteiger partial charge in [0.2, 0.25) is 5.89 Å². The van der Waals surface area contributed by atoms with Gasteiger partial charge < -0.3 is 9.84 Å². The highest BCUT2D eigenvalue weighted by atomic mass is 16.5. The van der Waals surface area contributed by atoms with Gasteiger partial charge in [-0.1, -0.05) is 24.4 Å². The first kappa shape index (κ1) is 15.6. The molecule has 0 bridgehead atoms. The molecule has 5 heteroatoms. The number of nitrogens with one attached hydrogen (secondary N) is 1. The third kappa shape index (κ3) is 4.32. The van der Waals surface area contributed by atoms with Crippen molar-refractivity contribution in [3.8, 4) is 0 Å². The van der Waals surface area contributed by atoms with Crippen LogP contribution in [0.2, 0.25) is 0 Å². The maximum absolute atomic E-state index is 5.38. The zero-order chi connectivity index (χ0) is 15.5. The van der Waals surface area contributed by atoms with Crippen molar-refractivity contribution in [2.45, 2.75) is 76.3 Å². The fourth-order valence-corrected chi connectivity index (χ4v) is 4.12. The number of aromatic nitrogens is 2. The van der Waals surface area contributed by atoms with E-state index < -0.39 is 0 Å². The van der Waals surface area contributed by atoms with Crippen LogP contribution in [0.25, 0.3) is 0 Å². The molecular weight excluding hydrogens is 288 g/mol. The van der Waals surface area contributed by atoms with Gasteiger partial charge in [-0.2, -0.15) is 4.98 Å². The molecule has 0 radical (unpaired) electrons. The molecule has 128 valence electrons. The van der Waals surface area contributed by atoms with Gasteiger partial charge in [0.15, 0.2) is 5.82 Å². The summed E-state index contributed by atoms with van der Waals surface area (Å²) < 4.78 is 5.38. The molecule has 0 aromatic carbocycles. The van der Waals surface area contributed by atoms with Crippen molar-refractivity contribution >= 4 is 0 Å². The summed E-state index contributed by atoms with van der Waals surface area (Å²) in [7, 11) is 0. The molecule has 0 spiro atoms. The summed E-state index contributed by atoms with van der Waals surface area (Å²) in [6.07, 6.45) is 12.2. The molecule has 3 fully saturated rings. The van der Waals surface area contributed by atoms with Crippen LogP contribution < -0.4 is 5.32 Å². The quantitative estimate of drug-likeness (QED) is 0.873. The molecule has 5 nitrogen and oxygen atoms in total. The zero-order valence-corrected chi connectivity index (χ0v) is 14.2. The second kappa shape index (κ2) is 7.31. The van der Waals surface area contributed by atoms with E-state index in [0.717, 1.165) is 37.3 Å². The molecule has 1 atom stereocenters. The molecule has 23 heavy (non-hydrogen) atoms. The molecule has 3 aliphatic rings. The van der Waals surface area contributed by atoms with Gasteiger partial charge in [-0.15, -0.1) is 0 Å². The molecule has 2 aliphatic carbocycles. The normalized spacial score (nSPS) is 27.4. The standard InChI is InChI=1S/C18H30N4O/c1-2-5-14(6-3-1)11-19-16-7-4-10-22(12-16)13-17-20-18(23-21-17)15-8-9-15/h14-16,19H,1-13H2/t16-/m1/s1. The summed E-state index contributed by atoms with van der Waals surface area (Å²) in [4.78, 5) is 7.06. The van der Waals surface area contributed by atoms with Crippen LogP contribution in [0.15, 0.2) is 4.52 Å². The van der Waals surface area contributed by atoms with Crippen molar-refractivity contribution in [2.75, 3.05) is 19.6 Å². The summed E-state index contributed by atoms with van der Waals surface area (Å²) in [6.45, 7) is 4.35. The minimum absolute atomic E-state index is 0.558. The average Bonchev–Trinajstić information content (AvgIpc) is 3.34. The smallest absolute Gasteiger partial charge is 0.229 e. The van der Waals surface area contributed by atoms with Gasteiger partial charge in [-0.25, -0.2) is 0 Å². The average molecular weight is 318 g/mol. The zero-order valence-electron chi connectivity index (χ0n) is 14.2. The molecule has 1 saturated heterocycles. The second-order valence-electron chi connectivity index (χ2n) is 7.81. The van der Waals surface area contributed by atoms with Crippen LogP contribution in [0.1, 0.15) is 75.4 Å². The molecule has 2 heterocycles. The summed E-state index contributed by atoms with van der Waals surface area (Å²) in [6, 6.07) is 0.639. The lowest BCUT2D eigenvalue weighted by Crippen LogP contribution is -2.46. The number of piperidine rings is 1. The highest BCUT2D eigenvalue weighted by Gasteiger charge is 2.30. The Hall–Kier alpha value is -0.940. The van der Waals surface area contributed by atoms with Crippen molar-refractivity contribution < 1.29 is 4.52 Å². The molecule has 4 rings (SSSR count). The van der Waals surface area contributed by atoms with E-state index in [1.165, 1.54) is 64.3 Å². The van der Waals surface area contributed by atoms with Crippen molar-refractivity contribution in [1.82, 2.24) is 20.4 Å². The molecule has 0 unspecified atom stereocenters. The number of hydrogen-bond donors (Lipinski definition) is 1. The number of rotatable bonds is 6. The summed E-state index contributed by atoms with van der Waals surface area (Å²) in [5.74, 6) is 3.21. The van der Waals surface area contributed by atoms with E-state index in [9.17, 15) is 0 Å². The summed E-state index contributed by atoms with van der Waals surface area (Å²) in [5, 5.41) is 8.00. The maximum atomic E-state index is 5.38. The van der Waals surface area contributed by atoms with E-state index in [0.29, 0.717) is 12.0 Å². The molecule has 2 saturated carbocycles. The van der Waals surface area contributed by atoms with Gasteiger partial charge in [-0.05, 0) is 57.5 Å². The highest BCUT2D eigenvalue weighted by Crippen LogP contribution is 2.38. The van der Waals surface area contributed by atoms with Gasteiger partial charge in [0.1, 0.15) is 0 Å². The van der Waals surface area contributed by atoms with E-state index in [1.807, 2.05) is 0 Å². The van der Waals surface area contributed by atoms with Gasteiger partial charge in [0.25, 0.3) is 0 Å². The molecule has 1 aliphatic heterocycles. The predicted octanol–water partition coefficient (Wildman–Crippen LogP) is 3.08. The monoisotopic (exact) mass is 318 g/mol. The lowest BCUT2D eigenvalue weighted by atomic mass is 9.89. The lowest BCUT2D eigenvalue weighted by molar-refractivity contribution is 0.172. The minimum atomic E-state index is 0.558. The molecule has 1 aromatic rings. The Labute approximate surface area is 139 Å². The first-order valence-corrected chi connectivity index (χ1v) is 9.65. The van der Waals surface area contributed by atoms with Crippen LogP contribution in [-0.4, -0.2) is 40.7 Å². The van der Waals surface area contributed by atoms with Gasteiger partial charge >= 0.3 is 0 Å². The Morgan fingerprint density at radius 3 is 2.74 bits per heavy atom. The maximum Gasteiger partial charge on any atom is 0.229 e. The third-order valence-corrected chi connectivity index (χ3v) is 5.70. The number of nitrogens with zero attached hydrogens (tertiary/aromatic N) is 3. The van der Waals surface area contributed by atoms with Crippen LogP contribution in [-0.2, 0) is 6.54 Å². The first-order chi connectivity index (χ1) is 11.4. The van der Waals surface area contributed by atoms with E-state index in [-0.39, 0.29) is 0 Å². The van der Waals surface area contributed by atoms with Crippen LogP contribution in [0.4, 0.5) is 0 Å². The second-order valence-corrected chi connectivity index (χ2v) is 7.81. The summed E-state index contributed by atoms with van der Waals surface area (Å²) in [5.41, 5.74) is 0. The van der Waals surface area contributed by atoms with Crippen LogP contribution in [0.3, 0.4) is 0 Å². The Balaban J connectivity index is 1.23. The van der Waals surface area contributed by atoms with Gasteiger partial charge in [0.05, 0.1) is 6.54 Å². The van der Waals surface area contributed by atoms with Crippen molar-refractivity contribution in [2.24, 2.45) is 5.92 Å². The van der Waals surface area contributed by atoms with Crippen LogP contribution in [0, 0.1) is 5.92 Å². The van der Waals surface area contributed by atoms with E-state index in [1.54, 1.807) is 0 Å². The van der Waals surface area contributed by atoms with Crippen LogP contribution in [0.5, 0.6) is 0 Å². The fraction of sp³-hybridized carbons (Fsp3) is 0.889. The lowest BCUT2D eigenvalue weighted by Gasteiger charge is -2.33.